The molecule has 0 unspecified atom stereocenters. The minimum atomic E-state index is -0.203. The van der Waals surface area contributed by atoms with Crippen LogP contribution in [0.2, 0.25) is 5.02 Å². The monoisotopic (exact) mass is 404 g/mol. The highest BCUT2D eigenvalue weighted by atomic mass is 35.5. The highest BCUT2D eigenvalue weighted by Gasteiger charge is 2.17. The highest BCUT2D eigenvalue weighted by Crippen LogP contribution is 2.26. The summed E-state index contributed by atoms with van der Waals surface area (Å²) in [4.78, 5) is 32.8. The van der Waals surface area contributed by atoms with Gasteiger partial charge in [0.1, 0.15) is 5.52 Å². The lowest BCUT2D eigenvalue weighted by molar-refractivity contribution is -0.113. The van der Waals surface area contributed by atoms with Crippen molar-refractivity contribution in [2.45, 2.75) is 38.9 Å². The van der Waals surface area contributed by atoms with E-state index in [1.165, 1.54) is 11.8 Å². The van der Waals surface area contributed by atoms with Crippen LogP contribution < -0.4 is 10.9 Å². The molecular formula is C19H21ClN4O2S. The molecule has 0 atom stereocenters. The van der Waals surface area contributed by atoms with E-state index in [0.717, 1.165) is 11.3 Å². The first-order valence-electron chi connectivity index (χ1n) is 8.57. The molecule has 0 saturated heterocycles. The van der Waals surface area contributed by atoms with Gasteiger partial charge >= 0.3 is 0 Å². The molecule has 0 saturated carbocycles. The van der Waals surface area contributed by atoms with E-state index in [2.05, 4.69) is 15.3 Å². The molecule has 3 rings (SSSR count). The molecule has 0 radical (unpaired) electrons. The number of aromatic amines is 1. The Kier molecular flexibility index (Phi) is 5.62. The topological polar surface area (TPSA) is 79.8 Å². The summed E-state index contributed by atoms with van der Waals surface area (Å²) in [5.74, 6) is -0.0789. The van der Waals surface area contributed by atoms with E-state index in [1.807, 2.05) is 45.9 Å². The predicted molar refractivity (Wildman–Crippen MR) is 111 cm³/mol. The fourth-order valence-corrected chi connectivity index (χ4v) is 4.04. The number of amides is 1. The van der Waals surface area contributed by atoms with E-state index in [1.54, 1.807) is 10.6 Å². The summed E-state index contributed by atoms with van der Waals surface area (Å²) in [6.45, 7) is 7.60. The summed E-state index contributed by atoms with van der Waals surface area (Å²) in [6, 6.07) is 7.21. The molecule has 0 aliphatic carbocycles. The Balaban J connectivity index is 1.85. The molecule has 0 fully saturated rings. The van der Waals surface area contributed by atoms with E-state index >= 15 is 0 Å². The number of nitrogens with zero attached hydrogens (tertiary/aromatic N) is 2. The number of anilines is 1. The van der Waals surface area contributed by atoms with E-state index in [0.29, 0.717) is 26.9 Å². The lowest BCUT2D eigenvalue weighted by atomic mass is 10.2. The van der Waals surface area contributed by atoms with Crippen molar-refractivity contribution < 1.29 is 4.79 Å². The number of aryl methyl sites for hydroxylation is 2. The molecule has 0 spiro atoms. The van der Waals surface area contributed by atoms with Crippen molar-refractivity contribution >= 4 is 46.0 Å². The number of hydrogen-bond donors (Lipinski definition) is 2. The molecule has 2 heterocycles. The summed E-state index contributed by atoms with van der Waals surface area (Å²) in [6.07, 6.45) is 0. The van der Waals surface area contributed by atoms with Crippen LogP contribution in [0.1, 0.15) is 31.1 Å². The minimum absolute atomic E-state index is 0.0746. The summed E-state index contributed by atoms with van der Waals surface area (Å²) in [5.41, 5.74) is 3.34. The highest BCUT2D eigenvalue weighted by molar-refractivity contribution is 7.99. The van der Waals surface area contributed by atoms with Gasteiger partial charge in [0.25, 0.3) is 5.56 Å². The third-order valence-corrected chi connectivity index (χ3v) is 5.39. The first kappa shape index (κ1) is 19.5. The van der Waals surface area contributed by atoms with Gasteiger partial charge in [0, 0.05) is 11.7 Å². The summed E-state index contributed by atoms with van der Waals surface area (Å²) < 4.78 is 1.61. The minimum Gasteiger partial charge on any atom is -0.353 e. The quantitative estimate of drug-likeness (QED) is 0.490. The van der Waals surface area contributed by atoms with Crippen LogP contribution in [0.3, 0.4) is 0 Å². The SMILES string of the molecule is Cc1cc2nc(SCC(=O)Nc3c(C)cccc3Cl)n(C(C)C)c(=O)c2[nH]1. The standard InChI is InChI=1S/C19H21ClN4O2S/c1-10(2)24-18(26)17-14(8-12(4)21-17)22-19(24)27-9-15(25)23-16-11(3)6-5-7-13(16)20/h5-8,10,21H,9H2,1-4H3,(H,23,25). The Labute approximate surface area is 166 Å². The lowest BCUT2D eigenvalue weighted by Crippen LogP contribution is -2.25. The molecule has 27 heavy (non-hydrogen) atoms. The number of benzene rings is 1. The normalized spacial score (nSPS) is 11.3. The second kappa shape index (κ2) is 7.78. The zero-order chi connectivity index (χ0) is 19.7. The third kappa shape index (κ3) is 4.04. The average Bonchev–Trinajstić information content (AvgIpc) is 2.97. The number of hydrogen-bond acceptors (Lipinski definition) is 4. The third-order valence-electron chi connectivity index (χ3n) is 4.12. The number of para-hydroxylation sites is 1. The van der Waals surface area contributed by atoms with Gasteiger partial charge in [-0.2, -0.15) is 0 Å². The van der Waals surface area contributed by atoms with Crippen molar-refractivity contribution in [3.05, 3.63) is 50.9 Å². The van der Waals surface area contributed by atoms with Crippen LogP contribution in [0, 0.1) is 13.8 Å². The van der Waals surface area contributed by atoms with Crippen molar-refractivity contribution in [1.29, 1.82) is 0 Å². The van der Waals surface area contributed by atoms with E-state index in [9.17, 15) is 9.59 Å². The van der Waals surface area contributed by atoms with Gasteiger partial charge in [-0.15, -0.1) is 0 Å². The molecule has 1 amide bonds. The number of nitrogens with one attached hydrogen (secondary N) is 2. The number of thioether (sulfide) groups is 1. The second-order valence-corrected chi connectivity index (χ2v) is 7.99. The van der Waals surface area contributed by atoms with Crippen LogP contribution in [0.5, 0.6) is 0 Å². The molecule has 8 heteroatoms. The van der Waals surface area contributed by atoms with Crippen molar-refractivity contribution in [1.82, 2.24) is 14.5 Å². The maximum absolute atomic E-state index is 12.8. The zero-order valence-corrected chi connectivity index (χ0v) is 17.2. The number of fused-ring (bicyclic) bond motifs is 1. The number of rotatable bonds is 5. The lowest BCUT2D eigenvalue weighted by Gasteiger charge is -2.15. The summed E-state index contributed by atoms with van der Waals surface area (Å²) in [5, 5.41) is 3.86. The van der Waals surface area contributed by atoms with Gasteiger partial charge in [0.15, 0.2) is 5.16 Å². The van der Waals surface area contributed by atoms with Crippen LogP contribution in [0.4, 0.5) is 5.69 Å². The molecule has 0 bridgehead atoms. The van der Waals surface area contributed by atoms with Crippen molar-refractivity contribution in [2.75, 3.05) is 11.1 Å². The number of aromatic nitrogens is 3. The van der Waals surface area contributed by atoms with Gasteiger partial charge in [0.2, 0.25) is 5.91 Å². The number of carbonyl (C=O) groups is 1. The maximum Gasteiger partial charge on any atom is 0.278 e. The molecule has 2 N–H and O–H groups in total. The summed E-state index contributed by atoms with van der Waals surface area (Å²) >= 11 is 7.40. The van der Waals surface area contributed by atoms with Gasteiger partial charge in [-0.25, -0.2) is 4.98 Å². The first-order valence-corrected chi connectivity index (χ1v) is 9.94. The van der Waals surface area contributed by atoms with Gasteiger partial charge < -0.3 is 10.3 Å². The molecule has 3 aromatic rings. The van der Waals surface area contributed by atoms with E-state index < -0.39 is 0 Å². The van der Waals surface area contributed by atoms with Crippen LogP contribution in [-0.4, -0.2) is 26.2 Å². The summed E-state index contributed by atoms with van der Waals surface area (Å²) in [7, 11) is 0. The van der Waals surface area contributed by atoms with Gasteiger partial charge in [-0.05, 0) is 45.4 Å². The second-order valence-electron chi connectivity index (χ2n) is 6.64. The van der Waals surface area contributed by atoms with Crippen LogP contribution in [-0.2, 0) is 4.79 Å². The Bertz CT molecular complexity index is 1050. The number of halogens is 1. The Morgan fingerprint density at radius 1 is 1.37 bits per heavy atom. The van der Waals surface area contributed by atoms with Crippen molar-refractivity contribution in [2.24, 2.45) is 0 Å². The fraction of sp³-hybridized carbons (Fsp3) is 0.316. The largest absolute Gasteiger partial charge is 0.353 e. The number of H-pyrrole nitrogens is 1. The first-order chi connectivity index (χ1) is 12.8. The van der Waals surface area contributed by atoms with Gasteiger partial charge in [-0.1, -0.05) is 35.5 Å². The van der Waals surface area contributed by atoms with Crippen molar-refractivity contribution in [3.8, 4) is 0 Å². The van der Waals surface area contributed by atoms with E-state index in [4.69, 9.17) is 11.6 Å². The average molecular weight is 405 g/mol. The molecule has 1 aromatic carbocycles. The smallest absolute Gasteiger partial charge is 0.278 e. The molecule has 142 valence electrons. The van der Waals surface area contributed by atoms with Crippen LogP contribution >= 0.6 is 23.4 Å². The van der Waals surface area contributed by atoms with E-state index in [-0.39, 0.29) is 23.3 Å². The molecular weight excluding hydrogens is 384 g/mol. The maximum atomic E-state index is 12.8. The van der Waals surface area contributed by atoms with Gasteiger partial charge in [0.05, 0.1) is 22.0 Å². The predicted octanol–water partition coefficient (Wildman–Crippen LogP) is 4.31. The number of carbonyl (C=O) groups excluding carboxylic acids is 1. The Hall–Kier alpha value is -2.25. The van der Waals surface area contributed by atoms with Crippen LogP contribution in [0.15, 0.2) is 34.2 Å². The molecule has 0 aliphatic rings. The van der Waals surface area contributed by atoms with Crippen molar-refractivity contribution in [3.63, 3.8) is 0 Å². The molecule has 2 aromatic heterocycles. The molecule has 6 nitrogen and oxygen atoms in total. The Morgan fingerprint density at radius 2 is 2.11 bits per heavy atom. The zero-order valence-electron chi connectivity index (χ0n) is 15.6. The fourth-order valence-electron chi connectivity index (χ4n) is 2.84. The van der Waals surface area contributed by atoms with Gasteiger partial charge in [-0.3, -0.25) is 14.2 Å². The van der Waals surface area contributed by atoms with Crippen LogP contribution in [0.25, 0.3) is 11.0 Å². The molecule has 0 aliphatic heterocycles. The Morgan fingerprint density at radius 3 is 2.78 bits per heavy atom.